The summed E-state index contributed by atoms with van der Waals surface area (Å²) in [5.74, 6) is 0.265. The summed E-state index contributed by atoms with van der Waals surface area (Å²) in [4.78, 5) is 0. The Balaban J connectivity index is 2.46. The van der Waals surface area contributed by atoms with Gasteiger partial charge in [0.1, 0.15) is 5.84 Å². The van der Waals surface area contributed by atoms with Gasteiger partial charge in [-0.25, -0.2) is 12.7 Å². The van der Waals surface area contributed by atoms with Crippen LogP contribution in [0.5, 0.6) is 0 Å². The van der Waals surface area contributed by atoms with Crippen molar-refractivity contribution in [2.45, 2.75) is 19.3 Å². The minimum atomic E-state index is -3.20. The van der Waals surface area contributed by atoms with Crippen molar-refractivity contribution in [3.63, 3.8) is 0 Å². The van der Waals surface area contributed by atoms with Crippen molar-refractivity contribution >= 4 is 15.9 Å². The van der Waals surface area contributed by atoms with E-state index in [-0.39, 0.29) is 17.5 Å². The van der Waals surface area contributed by atoms with Crippen molar-refractivity contribution < 1.29 is 18.4 Å². The van der Waals surface area contributed by atoms with Gasteiger partial charge in [0.05, 0.1) is 5.75 Å². The second kappa shape index (κ2) is 6.91. The van der Waals surface area contributed by atoms with Crippen LogP contribution in [-0.4, -0.2) is 56.3 Å². The molecule has 0 unspecified atom stereocenters. The fourth-order valence-electron chi connectivity index (χ4n) is 2.03. The Labute approximate surface area is 108 Å². The molecule has 0 amide bonds. The molecule has 0 aromatic rings. The molecular weight excluding hydrogens is 258 g/mol. The molecule has 0 aromatic carbocycles. The first-order valence-corrected chi connectivity index (χ1v) is 7.56. The Morgan fingerprint density at radius 3 is 2.61 bits per heavy atom. The summed E-state index contributed by atoms with van der Waals surface area (Å²) >= 11 is 0. The highest BCUT2D eigenvalue weighted by Gasteiger charge is 2.29. The minimum Gasteiger partial charge on any atom is -0.409 e. The molecule has 1 fully saturated rings. The summed E-state index contributed by atoms with van der Waals surface area (Å²) in [5, 5.41) is 11.5. The highest BCUT2D eigenvalue weighted by molar-refractivity contribution is 7.89. The van der Waals surface area contributed by atoms with Crippen molar-refractivity contribution in [1.29, 1.82) is 0 Å². The molecule has 106 valence electrons. The molecular formula is C10H21N3O4S. The van der Waals surface area contributed by atoms with Crippen LogP contribution in [0.1, 0.15) is 19.3 Å². The number of nitrogens with two attached hydrogens (primary N) is 1. The number of amidine groups is 1. The van der Waals surface area contributed by atoms with Crippen LogP contribution in [0.2, 0.25) is 0 Å². The van der Waals surface area contributed by atoms with Gasteiger partial charge in [0, 0.05) is 32.7 Å². The topological polar surface area (TPSA) is 105 Å². The third-order valence-corrected chi connectivity index (χ3v) is 5.09. The SMILES string of the molecule is COCCCS(=O)(=O)N1CCC(C(N)=NO)CC1. The first kappa shape index (κ1) is 15.2. The van der Waals surface area contributed by atoms with E-state index in [9.17, 15) is 8.42 Å². The lowest BCUT2D eigenvalue weighted by molar-refractivity contribution is 0.199. The Bertz CT molecular complexity index is 375. The summed E-state index contributed by atoms with van der Waals surface area (Å²) < 4.78 is 30.3. The molecule has 1 rings (SSSR count). The van der Waals surface area contributed by atoms with Crippen LogP contribution < -0.4 is 5.73 Å². The van der Waals surface area contributed by atoms with E-state index in [0.717, 1.165) is 0 Å². The number of oxime groups is 1. The van der Waals surface area contributed by atoms with Gasteiger partial charge >= 0.3 is 0 Å². The molecule has 3 N–H and O–H groups in total. The van der Waals surface area contributed by atoms with Crippen LogP contribution in [0.15, 0.2) is 5.16 Å². The maximum atomic E-state index is 12.0. The third kappa shape index (κ3) is 4.11. The molecule has 0 aromatic heterocycles. The predicted molar refractivity (Wildman–Crippen MR) is 68.0 cm³/mol. The standard InChI is InChI=1S/C10H21N3O4S/c1-17-7-2-8-18(15,16)13-5-3-9(4-6-13)10(11)12-14/h9,14H,2-8H2,1H3,(H2,11,12). The smallest absolute Gasteiger partial charge is 0.214 e. The van der Waals surface area contributed by atoms with Gasteiger partial charge in [-0.05, 0) is 19.3 Å². The first-order chi connectivity index (χ1) is 8.51. The van der Waals surface area contributed by atoms with Crippen molar-refractivity contribution in [1.82, 2.24) is 4.31 Å². The van der Waals surface area contributed by atoms with Gasteiger partial charge in [-0.2, -0.15) is 0 Å². The zero-order chi connectivity index (χ0) is 13.6. The molecule has 7 nitrogen and oxygen atoms in total. The number of methoxy groups -OCH3 is 1. The summed E-state index contributed by atoms with van der Waals surface area (Å²) in [5.41, 5.74) is 5.52. The van der Waals surface area contributed by atoms with Crippen LogP contribution in [0.4, 0.5) is 0 Å². The summed E-state index contributed by atoms with van der Waals surface area (Å²) in [6.45, 7) is 1.30. The molecule has 8 heteroatoms. The van der Waals surface area contributed by atoms with Gasteiger partial charge in [-0.3, -0.25) is 0 Å². The largest absolute Gasteiger partial charge is 0.409 e. The molecule has 0 spiro atoms. The zero-order valence-electron chi connectivity index (χ0n) is 10.6. The van der Waals surface area contributed by atoms with Gasteiger partial charge in [-0.15, -0.1) is 0 Å². The Morgan fingerprint density at radius 1 is 1.50 bits per heavy atom. The zero-order valence-corrected chi connectivity index (χ0v) is 11.4. The molecule has 0 radical (unpaired) electrons. The average molecular weight is 279 g/mol. The van der Waals surface area contributed by atoms with Gasteiger partial charge < -0.3 is 15.7 Å². The molecule has 0 bridgehead atoms. The number of ether oxygens (including phenoxy) is 1. The van der Waals surface area contributed by atoms with Gasteiger partial charge in [0.25, 0.3) is 0 Å². The predicted octanol–water partition coefficient (Wildman–Crippen LogP) is -0.189. The minimum absolute atomic E-state index is 0.0274. The van der Waals surface area contributed by atoms with E-state index in [0.29, 0.717) is 39.0 Å². The number of nitrogens with zero attached hydrogens (tertiary/aromatic N) is 2. The molecule has 18 heavy (non-hydrogen) atoms. The number of rotatable bonds is 6. The third-order valence-electron chi connectivity index (χ3n) is 3.13. The van der Waals surface area contributed by atoms with Crippen LogP contribution in [0.3, 0.4) is 0 Å². The average Bonchev–Trinajstić information content (AvgIpc) is 2.38. The van der Waals surface area contributed by atoms with Gasteiger partial charge in [0.2, 0.25) is 10.0 Å². The monoisotopic (exact) mass is 279 g/mol. The molecule has 1 heterocycles. The van der Waals surface area contributed by atoms with Crippen molar-refractivity contribution in [3.8, 4) is 0 Å². The van der Waals surface area contributed by atoms with E-state index >= 15 is 0 Å². The van der Waals surface area contributed by atoms with E-state index in [2.05, 4.69) is 5.16 Å². The molecule has 0 atom stereocenters. The number of piperidine rings is 1. The van der Waals surface area contributed by atoms with Crippen LogP contribution in [0.25, 0.3) is 0 Å². The van der Waals surface area contributed by atoms with E-state index < -0.39 is 10.0 Å². The normalized spacial score (nSPS) is 20.2. The van der Waals surface area contributed by atoms with Crippen molar-refractivity contribution in [2.24, 2.45) is 16.8 Å². The van der Waals surface area contributed by atoms with E-state index in [1.807, 2.05) is 0 Å². The number of hydrogen-bond donors (Lipinski definition) is 2. The second-order valence-corrected chi connectivity index (χ2v) is 6.45. The fraction of sp³-hybridized carbons (Fsp3) is 0.900. The molecule has 1 saturated heterocycles. The highest BCUT2D eigenvalue weighted by atomic mass is 32.2. The van der Waals surface area contributed by atoms with E-state index in [4.69, 9.17) is 15.7 Å². The Morgan fingerprint density at radius 2 is 2.11 bits per heavy atom. The van der Waals surface area contributed by atoms with Crippen molar-refractivity contribution in [2.75, 3.05) is 32.6 Å². The number of sulfonamides is 1. The summed E-state index contributed by atoms with van der Waals surface area (Å²) in [6, 6.07) is 0. The number of hydrogen-bond acceptors (Lipinski definition) is 5. The first-order valence-electron chi connectivity index (χ1n) is 5.95. The van der Waals surface area contributed by atoms with Crippen LogP contribution in [0, 0.1) is 5.92 Å². The quantitative estimate of drug-likeness (QED) is 0.230. The lowest BCUT2D eigenvalue weighted by atomic mass is 9.97. The Kier molecular flexibility index (Phi) is 5.83. The fourth-order valence-corrected chi connectivity index (χ4v) is 3.53. The lowest BCUT2D eigenvalue weighted by Crippen LogP contribution is -2.42. The van der Waals surface area contributed by atoms with Gasteiger partial charge in [-0.1, -0.05) is 5.16 Å². The lowest BCUT2D eigenvalue weighted by Gasteiger charge is -2.30. The summed E-state index contributed by atoms with van der Waals surface area (Å²) in [6.07, 6.45) is 1.69. The molecule has 0 aliphatic carbocycles. The van der Waals surface area contributed by atoms with Crippen molar-refractivity contribution in [3.05, 3.63) is 0 Å². The Hall–Kier alpha value is -0.860. The van der Waals surface area contributed by atoms with Crippen LogP contribution in [-0.2, 0) is 14.8 Å². The summed E-state index contributed by atoms with van der Waals surface area (Å²) in [7, 11) is -1.65. The van der Waals surface area contributed by atoms with E-state index in [1.54, 1.807) is 7.11 Å². The molecule has 1 aliphatic heterocycles. The highest BCUT2D eigenvalue weighted by Crippen LogP contribution is 2.20. The van der Waals surface area contributed by atoms with Crippen LogP contribution >= 0.6 is 0 Å². The van der Waals surface area contributed by atoms with Gasteiger partial charge in [0.15, 0.2) is 0 Å². The maximum Gasteiger partial charge on any atom is 0.214 e. The van der Waals surface area contributed by atoms with E-state index in [1.165, 1.54) is 4.31 Å². The maximum absolute atomic E-state index is 12.0. The second-order valence-electron chi connectivity index (χ2n) is 4.36. The molecule has 1 aliphatic rings. The molecule has 0 saturated carbocycles.